The molecule has 0 radical (unpaired) electrons. The highest BCUT2D eigenvalue weighted by Crippen LogP contribution is 2.45. The number of rotatable bonds is 4. The van der Waals surface area contributed by atoms with Gasteiger partial charge in [-0.1, -0.05) is 12.7 Å². The highest BCUT2D eigenvalue weighted by molar-refractivity contribution is 14.1. The van der Waals surface area contributed by atoms with Gasteiger partial charge in [0.05, 0.1) is 24.7 Å². The predicted octanol–water partition coefficient (Wildman–Crippen LogP) is 4.19. The van der Waals surface area contributed by atoms with Gasteiger partial charge in [-0.15, -0.1) is 0 Å². The third-order valence-electron chi connectivity index (χ3n) is 4.87. The van der Waals surface area contributed by atoms with Gasteiger partial charge in [-0.05, 0) is 75.7 Å². The molecule has 1 atom stereocenters. The summed E-state index contributed by atoms with van der Waals surface area (Å²) >= 11 is 4.45. The normalized spacial score (nSPS) is 19.7. The third-order valence-corrected chi connectivity index (χ3v) is 6.47. The second kappa shape index (κ2) is 8.22. The number of ether oxygens (including phenoxy) is 1. The van der Waals surface area contributed by atoms with Crippen molar-refractivity contribution in [2.75, 3.05) is 13.7 Å². The maximum absolute atomic E-state index is 12.8. The van der Waals surface area contributed by atoms with Crippen LogP contribution >= 0.6 is 45.2 Å². The minimum atomic E-state index is -0.426. The van der Waals surface area contributed by atoms with E-state index in [0.717, 1.165) is 37.0 Å². The third kappa shape index (κ3) is 3.61. The lowest BCUT2D eigenvalue weighted by molar-refractivity contribution is -0.116. The number of nitriles is 1. The molecule has 0 aromatic heterocycles. The molecule has 2 aliphatic rings. The van der Waals surface area contributed by atoms with Crippen molar-refractivity contribution in [2.24, 2.45) is 5.73 Å². The summed E-state index contributed by atoms with van der Waals surface area (Å²) < 4.78 is 7.61. The summed E-state index contributed by atoms with van der Waals surface area (Å²) in [6.45, 7) is 4.10. The van der Waals surface area contributed by atoms with Gasteiger partial charge >= 0.3 is 0 Å². The van der Waals surface area contributed by atoms with E-state index in [1.165, 1.54) is 0 Å². The molecule has 0 amide bonds. The first kappa shape index (κ1) is 20.2. The Kier molecular flexibility index (Phi) is 6.15. The first-order valence-electron chi connectivity index (χ1n) is 8.53. The van der Waals surface area contributed by atoms with E-state index in [4.69, 9.17) is 10.5 Å². The summed E-state index contributed by atoms with van der Waals surface area (Å²) in [6, 6.07) is 6.21. The standard InChI is InChI=1S/C20H19I2N3O2/c1-3-7-27-19-13(21)8-11(9-14(19)22)17-12(10-23)20(24)25(2)15-5-4-6-16(26)18(15)17/h3,8-9,17H,1,4-7,24H2,2H3/t17-/m0/s1. The van der Waals surface area contributed by atoms with E-state index >= 15 is 0 Å². The summed E-state index contributed by atoms with van der Waals surface area (Å²) in [7, 11) is 1.83. The molecular formula is C20H19I2N3O2. The van der Waals surface area contributed by atoms with Crippen LogP contribution in [0.2, 0.25) is 0 Å². The van der Waals surface area contributed by atoms with Crippen molar-refractivity contribution in [3.05, 3.63) is 60.2 Å². The van der Waals surface area contributed by atoms with Crippen molar-refractivity contribution in [3.8, 4) is 11.8 Å². The minimum Gasteiger partial charge on any atom is -0.487 e. The maximum atomic E-state index is 12.8. The monoisotopic (exact) mass is 587 g/mol. The Hall–Kier alpha value is -1.54. The van der Waals surface area contributed by atoms with Crippen LogP contribution in [0.1, 0.15) is 30.7 Å². The number of benzene rings is 1. The molecule has 140 valence electrons. The number of hydrogen-bond acceptors (Lipinski definition) is 5. The van der Waals surface area contributed by atoms with Crippen LogP contribution in [0.4, 0.5) is 0 Å². The number of halogens is 2. The van der Waals surface area contributed by atoms with Gasteiger partial charge in [0.2, 0.25) is 0 Å². The fourth-order valence-electron chi connectivity index (χ4n) is 3.62. The molecule has 1 aromatic rings. The van der Waals surface area contributed by atoms with Crippen LogP contribution in [0.3, 0.4) is 0 Å². The highest BCUT2D eigenvalue weighted by Gasteiger charge is 2.39. The van der Waals surface area contributed by atoms with Gasteiger partial charge in [-0.3, -0.25) is 4.79 Å². The Bertz CT molecular complexity index is 905. The van der Waals surface area contributed by atoms with E-state index in [0.29, 0.717) is 30.0 Å². The molecule has 0 bridgehead atoms. The number of ketones is 1. The molecule has 2 N–H and O–H groups in total. The van der Waals surface area contributed by atoms with E-state index in [-0.39, 0.29) is 5.78 Å². The van der Waals surface area contributed by atoms with Crippen LogP contribution in [0.5, 0.6) is 5.75 Å². The molecular weight excluding hydrogens is 568 g/mol. The van der Waals surface area contributed by atoms with Crippen LogP contribution in [0.15, 0.2) is 47.5 Å². The van der Waals surface area contributed by atoms with Crippen molar-refractivity contribution in [3.63, 3.8) is 0 Å². The Labute approximate surface area is 186 Å². The van der Waals surface area contributed by atoms with Crippen molar-refractivity contribution in [1.82, 2.24) is 4.90 Å². The molecule has 0 saturated heterocycles. The van der Waals surface area contributed by atoms with Crippen molar-refractivity contribution < 1.29 is 9.53 Å². The Morgan fingerprint density at radius 3 is 2.67 bits per heavy atom. The van der Waals surface area contributed by atoms with E-state index < -0.39 is 5.92 Å². The molecule has 1 aliphatic heterocycles. The maximum Gasteiger partial charge on any atom is 0.161 e. The zero-order chi connectivity index (χ0) is 19.7. The number of nitrogens with two attached hydrogens (primary N) is 1. The average Bonchev–Trinajstić information content (AvgIpc) is 2.64. The largest absolute Gasteiger partial charge is 0.487 e. The number of allylic oxidation sites excluding steroid dienone is 3. The number of hydrogen-bond donors (Lipinski definition) is 1. The van der Waals surface area contributed by atoms with E-state index in [2.05, 4.69) is 57.8 Å². The van der Waals surface area contributed by atoms with Gasteiger partial charge in [0.25, 0.3) is 0 Å². The Balaban J connectivity index is 2.18. The molecule has 7 heteroatoms. The predicted molar refractivity (Wildman–Crippen MR) is 121 cm³/mol. The van der Waals surface area contributed by atoms with E-state index in [1.54, 1.807) is 11.0 Å². The topological polar surface area (TPSA) is 79.3 Å². The number of carbonyl (C=O) groups is 1. The first-order valence-corrected chi connectivity index (χ1v) is 10.7. The van der Waals surface area contributed by atoms with Crippen LogP contribution in [-0.2, 0) is 4.79 Å². The van der Waals surface area contributed by atoms with Gasteiger partial charge in [-0.2, -0.15) is 5.26 Å². The molecule has 27 heavy (non-hydrogen) atoms. The molecule has 0 spiro atoms. The fraction of sp³-hybridized carbons (Fsp3) is 0.300. The summed E-state index contributed by atoms with van der Waals surface area (Å²) in [5, 5.41) is 9.81. The van der Waals surface area contributed by atoms with E-state index in [9.17, 15) is 10.1 Å². The number of carbonyl (C=O) groups excluding carboxylic acids is 1. The van der Waals surface area contributed by atoms with Crippen LogP contribution in [-0.4, -0.2) is 24.3 Å². The molecule has 5 nitrogen and oxygen atoms in total. The van der Waals surface area contributed by atoms with Gasteiger partial charge in [0.15, 0.2) is 5.78 Å². The summed E-state index contributed by atoms with van der Waals surface area (Å²) in [5.41, 5.74) is 9.25. The lowest BCUT2D eigenvalue weighted by atomic mass is 9.76. The first-order chi connectivity index (χ1) is 12.9. The van der Waals surface area contributed by atoms with Crippen molar-refractivity contribution in [1.29, 1.82) is 5.26 Å². The Morgan fingerprint density at radius 2 is 2.07 bits per heavy atom. The van der Waals surface area contributed by atoms with Crippen molar-refractivity contribution in [2.45, 2.75) is 25.2 Å². The minimum absolute atomic E-state index is 0.102. The molecule has 1 aromatic carbocycles. The quantitative estimate of drug-likeness (QED) is 0.423. The Morgan fingerprint density at radius 1 is 1.41 bits per heavy atom. The lowest BCUT2D eigenvalue weighted by Crippen LogP contribution is -2.36. The number of nitrogens with zero attached hydrogens (tertiary/aromatic N) is 2. The van der Waals surface area contributed by atoms with Crippen LogP contribution in [0, 0.1) is 18.5 Å². The fourth-order valence-corrected chi connectivity index (χ4v) is 5.75. The zero-order valence-corrected chi connectivity index (χ0v) is 19.2. The van der Waals surface area contributed by atoms with Gasteiger partial charge < -0.3 is 15.4 Å². The second-order valence-electron chi connectivity index (χ2n) is 6.45. The molecule has 1 aliphatic carbocycles. The van der Waals surface area contributed by atoms with Crippen LogP contribution < -0.4 is 10.5 Å². The van der Waals surface area contributed by atoms with Gasteiger partial charge in [-0.25, -0.2) is 0 Å². The van der Waals surface area contributed by atoms with Gasteiger partial charge in [0.1, 0.15) is 18.2 Å². The van der Waals surface area contributed by atoms with Crippen LogP contribution in [0.25, 0.3) is 0 Å². The summed E-state index contributed by atoms with van der Waals surface area (Å²) in [6.07, 6.45) is 3.82. The summed E-state index contributed by atoms with van der Waals surface area (Å²) in [4.78, 5) is 14.6. The van der Waals surface area contributed by atoms with Crippen molar-refractivity contribution >= 4 is 51.0 Å². The average molecular weight is 587 g/mol. The SMILES string of the molecule is C=CCOc1c(I)cc([C@H]2C(C#N)=C(N)N(C)C3=C2C(=O)CCC3)cc1I. The highest BCUT2D eigenvalue weighted by atomic mass is 127. The molecule has 0 saturated carbocycles. The molecule has 0 unspecified atom stereocenters. The zero-order valence-electron chi connectivity index (χ0n) is 14.9. The van der Waals surface area contributed by atoms with E-state index in [1.807, 2.05) is 19.2 Å². The lowest BCUT2D eigenvalue weighted by Gasteiger charge is -2.37. The number of Topliss-reactive ketones (excluding diaryl/α,β-unsaturated/α-hetero) is 1. The molecule has 3 rings (SSSR count). The smallest absolute Gasteiger partial charge is 0.161 e. The van der Waals surface area contributed by atoms with Gasteiger partial charge in [0, 0.05) is 24.7 Å². The second-order valence-corrected chi connectivity index (χ2v) is 8.78. The molecule has 0 fully saturated rings. The molecule has 1 heterocycles. The summed E-state index contributed by atoms with van der Waals surface area (Å²) in [5.74, 6) is 0.884.